The van der Waals surface area contributed by atoms with Gasteiger partial charge >= 0.3 is 0 Å². The molecule has 0 radical (unpaired) electrons. The van der Waals surface area contributed by atoms with E-state index in [0.717, 1.165) is 31.7 Å². The lowest BCUT2D eigenvalue weighted by atomic mass is 10.2. The monoisotopic (exact) mass is 386 g/mol. The average Bonchev–Trinajstić information content (AvgIpc) is 2.69. The van der Waals surface area contributed by atoms with E-state index in [9.17, 15) is 14.0 Å². The number of piperazine rings is 1. The Morgan fingerprint density at radius 1 is 0.857 bits per heavy atom. The number of benzene rings is 2. The predicted molar refractivity (Wildman–Crippen MR) is 104 cm³/mol. The minimum absolute atomic E-state index is 0.0474. The molecule has 148 valence electrons. The van der Waals surface area contributed by atoms with Crippen LogP contribution in [-0.4, -0.2) is 51.1 Å². The van der Waals surface area contributed by atoms with Crippen LogP contribution in [0.1, 0.15) is 5.56 Å². The summed E-state index contributed by atoms with van der Waals surface area (Å²) in [5.74, 6) is -0.441. The lowest BCUT2D eigenvalue weighted by Gasteiger charge is -2.29. The standard InChI is InChI=1S/C21H25FN4O2/c22-18-7-4-8-19(13-18)24-21(28)16-26-11-9-25(10-12-26)15-20(27)23-14-17-5-2-1-3-6-17/h1-8,13H,9-12,14-16H2,(H,23,27)(H,24,28)/p+2. The molecule has 4 N–H and O–H groups in total. The van der Waals surface area contributed by atoms with Crippen molar-refractivity contribution in [3.63, 3.8) is 0 Å². The van der Waals surface area contributed by atoms with Gasteiger partial charge in [-0.2, -0.15) is 0 Å². The molecule has 0 spiro atoms. The Hall–Kier alpha value is -2.77. The average molecular weight is 386 g/mol. The fourth-order valence-electron chi connectivity index (χ4n) is 3.40. The Bertz CT molecular complexity index is 792. The summed E-state index contributed by atoms with van der Waals surface area (Å²) in [6.07, 6.45) is 0. The van der Waals surface area contributed by atoms with Gasteiger partial charge in [0.1, 0.15) is 32.0 Å². The van der Waals surface area contributed by atoms with Crippen LogP contribution in [0.25, 0.3) is 0 Å². The highest BCUT2D eigenvalue weighted by Gasteiger charge is 2.26. The number of nitrogens with one attached hydrogen (secondary N) is 4. The minimum Gasteiger partial charge on any atom is -0.347 e. The van der Waals surface area contributed by atoms with E-state index in [2.05, 4.69) is 10.6 Å². The van der Waals surface area contributed by atoms with Crippen molar-refractivity contribution < 1.29 is 23.8 Å². The summed E-state index contributed by atoms with van der Waals surface area (Å²) in [4.78, 5) is 26.7. The summed E-state index contributed by atoms with van der Waals surface area (Å²) < 4.78 is 13.2. The topological polar surface area (TPSA) is 67.1 Å². The number of halogens is 1. The van der Waals surface area contributed by atoms with Gasteiger partial charge in [-0.3, -0.25) is 9.59 Å². The molecular formula is C21H27FN4O2+2. The van der Waals surface area contributed by atoms with Crippen molar-refractivity contribution in [3.05, 3.63) is 66.0 Å². The van der Waals surface area contributed by atoms with Gasteiger partial charge in [0.2, 0.25) is 0 Å². The number of carbonyl (C=O) groups is 2. The third kappa shape index (κ3) is 6.44. The molecule has 0 unspecified atom stereocenters. The van der Waals surface area contributed by atoms with Crippen molar-refractivity contribution in [1.82, 2.24) is 5.32 Å². The molecule has 2 aromatic carbocycles. The molecule has 6 nitrogen and oxygen atoms in total. The molecule has 1 aliphatic heterocycles. The van der Waals surface area contributed by atoms with E-state index in [4.69, 9.17) is 0 Å². The maximum Gasteiger partial charge on any atom is 0.279 e. The summed E-state index contributed by atoms with van der Waals surface area (Å²) >= 11 is 0. The molecule has 1 saturated heterocycles. The normalized spacial score (nSPS) is 19.0. The fraction of sp³-hybridized carbons (Fsp3) is 0.333. The number of carbonyl (C=O) groups excluding carboxylic acids is 2. The summed E-state index contributed by atoms with van der Waals surface area (Å²) in [6, 6.07) is 15.7. The van der Waals surface area contributed by atoms with Crippen LogP contribution in [-0.2, 0) is 16.1 Å². The summed E-state index contributed by atoms with van der Waals surface area (Å²) in [5, 5.41) is 5.70. The molecule has 1 heterocycles. The number of hydrogen-bond acceptors (Lipinski definition) is 2. The van der Waals surface area contributed by atoms with E-state index in [-0.39, 0.29) is 17.6 Å². The van der Waals surface area contributed by atoms with Crippen molar-refractivity contribution in [2.75, 3.05) is 44.6 Å². The van der Waals surface area contributed by atoms with Gasteiger partial charge < -0.3 is 20.4 Å². The van der Waals surface area contributed by atoms with Gasteiger partial charge in [0, 0.05) is 12.2 Å². The summed E-state index contributed by atoms with van der Waals surface area (Å²) in [7, 11) is 0. The third-order valence-electron chi connectivity index (χ3n) is 4.93. The Morgan fingerprint density at radius 3 is 2.14 bits per heavy atom. The highest BCUT2D eigenvalue weighted by atomic mass is 19.1. The van der Waals surface area contributed by atoms with Gasteiger partial charge in [-0.15, -0.1) is 0 Å². The second-order valence-electron chi connectivity index (χ2n) is 7.17. The van der Waals surface area contributed by atoms with Gasteiger partial charge in [0.25, 0.3) is 11.8 Å². The lowest BCUT2D eigenvalue weighted by molar-refractivity contribution is -1.00. The fourth-order valence-corrected chi connectivity index (χ4v) is 3.40. The van der Waals surface area contributed by atoms with Crippen LogP contribution in [0.5, 0.6) is 0 Å². The molecular weight excluding hydrogens is 359 g/mol. The Kier molecular flexibility index (Phi) is 7.11. The van der Waals surface area contributed by atoms with Crippen molar-refractivity contribution >= 4 is 17.5 Å². The van der Waals surface area contributed by atoms with Crippen molar-refractivity contribution in [2.24, 2.45) is 0 Å². The SMILES string of the molecule is O=C(C[NH+]1CC[NH+](CC(=O)Nc2cccc(F)c2)CC1)NCc1ccccc1. The zero-order valence-corrected chi connectivity index (χ0v) is 15.8. The molecule has 0 atom stereocenters. The Balaban J connectivity index is 1.34. The van der Waals surface area contributed by atoms with Gasteiger partial charge in [-0.25, -0.2) is 4.39 Å². The quantitative estimate of drug-likeness (QED) is 0.486. The van der Waals surface area contributed by atoms with Gasteiger partial charge in [0.05, 0.1) is 0 Å². The molecule has 0 saturated carbocycles. The molecule has 0 bridgehead atoms. The predicted octanol–water partition coefficient (Wildman–Crippen LogP) is -1.14. The largest absolute Gasteiger partial charge is 0.347 e. The van der Waals surface area contributed by atoms with Crippen LogP contribution in [0.4, 0.5) is 10.1 Å². The summed E-state index contributed by atoms with van der Waals surface area (Å²) in [6.45, 7) is 4.71. The van der Waals surface area contributed by atoms with Gasteiger partial charge in [0.15, 0.2) is 13.1 Å². The highest BCUT2D eigenvalue weighted by molar-refractivity contribution is 5.91. The number of quaternary nitrogens is 2. The van der Waals surface area contributed by atoms with Crippen LogP contribution in [0.3, 0.4) is 0 Å². The smallest absolute Gasteiger partial charge is 0.279 e. The third-order valence-corrected chi connectivity index (χ3v) is 4.93. The molecule has 7 heteroatoms. The number of hydrogen-bond donors (Lipinski definition) is 4. The molecule has 1 aliphatic rings. The Morgan fingerprint density at radius 2 is 1.50 bits per heavy atom. The Labute approximate surface area is 164 Å². The van der Waals surface area contributed by atoms with E-state index in [1.54, 1.807) is 12.1 Å². The molecule has 2 amide bonds. The maximum absolute atomic E-state index is 13.2. The van der Waals surface area contributed by atoms with E-state index in [1.807, 2.05) is 30.3 Å². The first-order valence-corrected chi connectivity index (χ1v) is 9.61. The maximum atomic E-state index is 13.2. The van der Waals surface area contributed by atoms with E-state index >= 15 is 0 Å². The van der Waals surface area contributed by atoms with E-state index in [0.29, 0.717) is 25.3 Å². The number of rotatable bonds is 7. The number of anilines is 1. The molecule has 2 aromatic rings. The van der Waals surface area contributed by atoms with Crippen LogP contribution in [0.15, 0.2) is 54.6 Å². The van der Waals surface area contributed by atoms with Crippen LogP contribution in [0, 0.1) is 5.82 Å². The van der Waals surface area contributed by atoms with Crippen molar-refractivity contribution in [2.45, 2.75) is 6.54 Å². The van der Waals surface area contributed by atoms with Crippen LogP contribution in [0.2, 0.25) is 0 Å². The first-order chi connectivity index (χ1) is 13.6. The highest BCUT2D eigenvalue weighted by Crippen LogP contribution is 2.08. The van der Waals surface area contributed by atoms with Crippen molar-refractivity contribution in [3.8, 4) is 0 Å². The second-order valence-corrected chi connectivity index (χ2v) is 7.17. The van der Waals surface area contributed by atoms with Crippen LogP contribution < -0.4 is 20.4 Å². The zero-order chi connectivity index (χ0) is 19.8. The van der Waals surface area contributed by atoms with Gasteiger partial charge in [-0.1, -0.05) is 36.4 Å². The summed E-state index contributed by atoms with van der Waals surface area (Å²) in [5.41, 5.74) is 1.56. The minimum atomic E-state index is -0.368. The number of amides is 2. The molecule has 1 fully saturated rings. The molecule has 0 aliphatic carbocycles. The second kappa shape index (κ2) is 9.96. The lowest BCUT2D eigenvalue weighted by Crippen LogP contribution is -3.28. The first-order valence-electron chi connectivity index (χ1n) is 9.61. The first kappa shape index (κ1) is 20.0. The van der Waals surface area contributed by atoms with E-state index in [1.165, 1.54) is 21.9 Å². The van der Waals surface area contributed by atoms with Crippen molar-refractivity contribution in [1.29, 1.82) is 0 Å². The van der Waals surface area contributed by atoms with E-state index < -0.39 is 0 Å². The zero-order valence-electron chi connectivity index (χ0n) is 15.8. The molecule has 0 aromatic heterocycles. The van der Waals surface area contributed by atoms with Crippen LogP contribution >= 0.6 is 0 Å². The van der Waals surface area contributed by atoms with Gasteiger partial charge in [-0.05, 0) is 23.8 Å². The molecule has 3 rings (SSSR count). The molecule has 28 heavy (non-hydrogen) atoms.